The van der Waals surface area contributed by atoms with E-state index in [4.69, 9.17) is 5.73 Å². The standard InChI is InChI=1S/C12H15F4NO/c1-6(2)10(17)11(18)8-4-3-7(13)5-9(8)12(14,15)16/h3-6,10-11,18H,17H2,1-2H3. The molecule has 0 aliphatic carbocycles. The van der Waals surface area contributed by atoms with E-state index in [1.54, 1.807) is 13.8 Å². The maximum atomic E-state index is 12.9. The molecule has 0 spiro atoms. The molecule has 1 aromatic rings. The van der Waals surface area contributed by atoms with Gasteiger partial charge in [0, 0.05) is 6.04 Å². The highest BCUT2D eigenvalue weighted by Gasteiger charge is 2.36. The maximum Gasteiger partial charge on any atom is 0.416 e. The summed E-state index contributed by atoms with van der Waals surface area (Å²) in [6.45, 7) is 3.37. The molecule has 18 heavy (non-hydrogen) atoms. The lowest BCUT2D eigenvalue weighted by atomic mass is 9.91. The fourth-order valence-corrected chi connectivity index (χ4v) is 1.60. The van der Waals surface area contributed by atoms with Gasteiger partial charge in [-0.25, -0.2) is 4.39 Å². The molecule has 2 unspecified atom stereocenters. The summed E-state index contributed by atoms with van der Waals surface area (Å²) < 4.78 is 51.1. The molecule has 1 rings (SSSR count). The Labute approximate surface area is 102 Å². The number of hydrogen-bond acceptors (Lipinski definition) is 2. The molecular weight excluding hydrogens is 250 g/mol. The van der Waals surface area contributed by atoms with Crippen molar-refractivity contribution in [1.29, 1.82) is 0 Å². The first-order valence-corrected chi connectivity index (χ1v) is 5.45. The highest BCUT2D eigenvalue weighted by atomic mass is 19.4. The van der Waals surface area contributed by atoms with Crippen LogP contribution < -0.4 is 5.73 Å². The predicted molar refractivity (Wildman–Crippen MR) is 59.2 cm³/mol. The van der Waals surface area contributed by atoms with Gasteiger partial charge in [-0.2, -0.15) is 13.2 Å². The molecule has 0 aliphatic rings. The molecule has 2 atom stereocenters. The van der Waals surface area contributed by atoms with E-state index in [9.17, 15) is 22.7 Å². The van der Waals surface area contributed by atoms with Crippen LogP contribution in [-0.4, -0.2) is 11.1 Å². The number of hydrogen-bond donors (Lipinski definition) is 2. The van der Waals surface area contributed by atoms with Crippen molar-refractivity contribution in [3.05, 3.63) is 35.1 Å². The van der Waals surface area contributed by atoms with Gasteiger partial charge >= 0.3 is 6.18 Å². The number of aliphatic hydroxyl groups excluding tert-OH is 1. The molecule has 0 aromatic heterocycles. The first kappa shape index (κ1) is 14.9. The Hall–Kier alpha value is -1.14. The third-order valence-electron chi connectivity index (χ3n) is 2.77. The van der Waals surface area contributed by atoms with Gasteiger partial charge in [0.2, 0.25) is 0 Å². The van der Waals surface area contributed by atoms with Crippen molar-refractivity contribution in [2.45, 2.75) is 32.2 Å². The van der Waals surface area contributed by atoms with Crippen molar-refractivity contribution >= 4 is 0 Å². The van der Waals surface area contributed by atoms with Gasteiger partial charge in [-0.3, -0.25) is 0 Å². The first-order valence-electron chi connectivity index (χ1n) is 5.45. The summed E-state index contributed by atoms with van der Waals surface area (Å²) in [5, 5.41) is 9.85. The zero-order valence-corrected chi connectivity index (χ0v) is 10.0. The van der Waals surface area contributed by atoms with E-state index in [1.807, 2.05) is 0 Å². The Balaban J connectivity index is 3.24. The summed E-state index contributed by atoms with van der Waals surface area (Å²) >= 11 is 0. The molecular formula is C12H15F4NO. The lowest BCUT2D eigenvalue weighted by Gasteiger charge is -2.25. The molecule has 0 saturated carbocycles. The Morgan fingerprint density at radius 1 is 1.22 bits per heavy atom. The van der Waals surface area contributed by atoms with E-state index in [0.717, 1.165) is 12.1 Å². The van der Waals surface area contributed by atoms with Gasteiger partial charge in [-0.15, -0.1) is 0 Å². The second-order valence-electron chi connectivity index (χ2n) is 4.50. The zero-order valence-electron chi connectivity index (χ0n) is 10.0. The molecule has 102 valence electrons. The number of alkyl halides is 3. The second kappa shape index (κ2) is 5.24. The Morgan fingerprint density at radius 3 is 2.22 bits per heavy atom. The van der Waals surface area contributed by atoms with Crippen LogP contribution in [0.3, 0.4) is 0 Å². The van der Waals surface area contributed by atoms with Gasteiger partial charge in [-0.05, 0) is 23.6 Å². The number of rotatable bonds is 3. The van der Waals surface area contributed by atoms with E-state index < -0.39 is 35.3 Å². The smallest absolute Gasteiger partial charge is 0.387 e. The molecule has 0 radical (unpaired) electrons. The van der Waals surface area contributed by atoms with Crippen LogP contribution in [-0.2, 0) is 6.18 Å². The van der Waals surface area contributed by atoms with Crippen LogP contribution in [0.15, 0.2) is 18.2 Å². The second-order valence-corrected chi connectivity index (χ2v) is 4.50. The van der Waals surface area contributed by atoms with E-state index in [0.29, 0.717) is 6.07 Å². The average Bonchev–Trinajstić information content (AvgIpc) is 2.25. The van der Waals surface area contributed by atoms with Crippen LogP contribution in [0.1, 0.15) is 31.1 Å². The number of halogens is 4. The molecule has 0 amide bonds. The van der Waals surface area contributed by atoms with Crippen molar-refractivity contribution in [3.8, 4) is 0 Å². The normalized spacial score (nSPS) is 15.8. The monoisotopic (exact) mass is 265 g/mol. The van der Waals surface area contributed by atoms with Crippen LogP contribution in [0, 0.1) is 11.7 Å². The van der Waals surface area contributed by atoms with E-state index in [-0.39, 0.29) is 5.92 Å². The molecule has 0 bridgehead atoms. The maximum absolute atomic E-state index is 12.9. The van der Waals surface area contributed by atoms with E-state index in [2.05, 4.69) is 0 Å². The Morgan fingerprint density at radius 2 is 1.78 bits per heavy atom. The van der Waals surface area contributed by atoms with Gasteiger partial charge in [0.25, 0.3) is 0 Å². The number of nitrogens with two attached hydrogens (primary N) is 1. The molecule has 0 saturated heterocycles. The summed E-state index contributed by atoms with van der Waals surface area (Å²) in [4.78, 5) is 0. The molecule has 6 heteroatoms. The third-order valence-corrected chi connectivity index (χ3v) is 2.77. The topological polar surface area (TPSA) is 46.2 Å². The molecule has 0 aliphatic heterocycles. The van der Waals surface area contributed by atoms with Crippen molar-refractivity contribution in [1.82, 2.24) is 0 Å². The van der Waals surface area contributed by atoms with Crippen LogP contribution in [0.2, 0.25) is 0 Å². The van der Waals surface area contributed by atoms with Crippen molar-refractivity contribution in [3.63, 3.8) is 0 Å². The number of aliphatic hydroxyl groups is 1. The summed E-state index contributed by atoms with van der Waals surface area (Å²) in [5.41, 5.74) is 4.04. The van der Waals surface area contributed by atoms with Gasteiger partial charge in [-0.1, -0.05) is 19.9 Å². The lowest BCUT2D eigenvalue weighted by molar-refractivity contribution is -0.139. The SMILES string of the molecule is CC(C)C(N)C(O)c1ccc(F)cc1C(F)(F)F. The minimum atomic E-state index is -4.73. The zero-order chi connectivity index (χ0) is 14.1. The lowest BCUT2D eigenvalue weighted by Crippen LogP contribution is -2.34. The highest BCUT2D eigenvalue weighted by molar-refractivity contribution is 5.33. The fraction of sp³-hybridized carbons (Fsp3) is 0.500. The van der Waals surface area contributed by atoms with Gasteiger partial charge < -0.3 is 10.8 Å². The summed E-state index contributed by atoms with van der Waals surface area (Å²) in [6, 6.07) is 1.31. The van der Waals surface area contributed by atoms with Crippen LogP contribution in [0.5, 0.6) is 0 Å². The van der Waals surface area contributed by atoms with Crippen molar-refractivity contribution in [2.75, 3.05) is 0 Å². The third kappa shape index (κ3) is 3.20. The number of benzene rings is 1. The fourth-order valence-electron chi connectivity index (χ4n) is 1.60. The molecule has 0 heterocycles. The van der Waals surface area contributed by atoms with Crippen LogP contribution >= 0.6 is 0 Å². The Bertz CT molecular complexity index is 417. The quantitative estimate of drug-likeness (QED) is 0.825. The van der Waals surface area contributed by atoms with E-state index >= 15 is 0 Å². The molecule has 3 N–H and O–H groups in total. The van der Waals surface area contributed by atoms with E-state index in [1.165, 1.54) is 0 Å². The largest absolute Gasteiger partial charge is 0.416 e. The highest BCUT2D eigenvalue weighted by Crippen LogP contribution is 2.36. The van der Waals surface area contributed by atoms with Gasteiger partial charge in [0.1, 0.15) is 5.82 Å². The summed E-state index contributed by atoms with van der Waals surface area (Å²) in [5.74, 6) is -1.21. The van der Waals surface area contributed by atoms with Crippen molar-refractivity contribution in [2.24, 2.45) is 11.7 Å². The predicted octanol–water partition coefficient (Wildman–Crippen LogP) is 2.86. The average molecular weight is 265 g/mol. The first-order chi connectivity index (χ1) is 8.14. The van der Waals surface area contributed by atoms with Gasteiger partial charge in [0.05, 0.1) is 11.7 Å². The van der Waals surface area contributed by atoms with Crippen molar-refractivity contribution < 1.29 is 22.7 Å². The molecule has 0 fully saturated rings. The minimum absolute atomic E-state index is 0.203. The minimum Gasteiger partial charge on any atom is -0.387 e. The van der Waals surface area contributed by atoms with Crippen LogP contribution in [0.4, 0.5) is 17.6 Å². The van der Waals surface area contributed by atoms with Crippen LogP contribution in [0.25, 0.3) is 0 Å². The summed E-state index contributed by atoms with van der Waals surface area (Å²) in [7, 11) is 0. The molecule has 2 nitrogen and oxygen atoms in total. The Kier molecular flexibility index (Phi) is 4.34. The summed E-state index contributed by atoms with van der Waals surface area (Å²) in [6.07, 6.45) is -6.21. The molecule has 1 aromatic carbocycles. The van der Waals surface area contributed by atoms with Gasteiger partial charge in [0.15, 0.2) is 0 Å².